The lowest BCUT2D eigenvalue weighted by Gasteiger charge is -2.17. The standard InChI is InChI=1S/C14H21NO2/c1-4-14(10-17-12(3)16)15-9-13-8-6-5-7-11(13)2/h5-8,14-15H,4,9-10H2,1-3H3. The number of hydrogen-bond acceptors (Lipinski definition) is 3. The molecule has 1 N–H and O–H groups in total. The summed E-state index contributed by atoms with van der Waals surface area (Å²) in [5.74, 6) is -0.221. The maximum Gasteiger partial charge on any atom is 0.302 e. The molecule has 0 aliphatic carbocycles. The van der Waals surface area contributed by atoms with Crippen LogP contribution in [-0.2, 0) is 16.1 Å². The predicted octanol–water partition coefficient (Wildman–Crippen LogP) is 2.43. The highest BCUT2D eigenvalue weighted by Gasteiger charge is 2.08. The van der Waals surface area contributed by atoms with Crippen molar-refractivity contribution in [3.05, 3.63) is 35.4 Å². The number of carbonyl (C=O) groups is 1. The largest absolute Gasteiger partial charge is 0.464 e. The summed E-state index contributed by atoms with van der Waals surface area (Å²) in [6.45, 7) is 6.88. The molecule has 94 valence electrons. The molecule has 0 radical (unpaired) electrons. The summed E-state index contributed by atoms with van der Waals surface area (Å²) in [6, 6.07) is 8.51. The molecular weight excluding hydrogens is 214 g/mol. The third-order valence-corrected chi connectivity index (χ3v) is 2.82. The van der Waals surface area contributed by atoms with Crippen molar-refractivity contribution in [2.24, 2.45) is 0 Å². The van der Waals surface area contributed by atoms with Crippen LogP contribution in [0.5, 0.6) is 0 Å². The Labute approximate surface area is 103 Å². The van der Waals surface area contributed by atoms with Crippen molar-refractivity contribution in [2.75, 3.05) is 6.61 Å². The maximum absolute atomic E-state index is 10.7. The molecular formula is C14H21NO2. The van der Waals surface area contributed by atoms with Gasteiger partial charge in [0.25, 0.3) is 0 Å². The summed E-state index contributed by atoms with van der Waals surface area (Å²) in [4.78, 5) is 10.7. The van der Waals surface area contributed by atoms with Crippen molar-refractivity contribution in [3.8, 4) is 0 Å². The summed E-state index contributed by atoms with van der Waals surface area (Å²) in [6.07, 6.45) is 0.944. The molecule has 0 saturated heterocycles. The van der Waals surface area contributed by atoms with Gasteiger partial charge >= 0.3 is 5.97 Å². The van der Waals surface area contributed by atoms with Crippen LogP contribution in [0.15, 0.2) is 24.3 Å². The number of rotatable bonds is 6. The molecule has 17 heavy (non-hydrogen) atoms. The third kappa shape index (κ3) is 5.00. The van der Waals surface area contributed by atoms with Crippen molar-refractivity contribution in [2.45, 2.75) is 39.8 Å². The number of ether oxygens (including phenoxy) is 1. The first-order valence-corrected chi connectivity index (χ1v) is 6.04. The van der Waals surface area contributed by atoms with E-state index in [1.807, 2.05) is 12.1 Å². The van der Waals surface area contributed by atoms with Crippen molar-refractivity contribution in [1.29, 1.82) is 0 Å². The van der Waals surface area contributed by atoms with Gasteiger partial charge in [-0.1, -0.05) is 31.2 Å². The van der Waals surface area contributed by atoms with E-state index < -0.39 is 0 Å². The molecule has 1 unspecified atom stereocenters. The van der Waals surface area contributed by atoms with E-state index in [1.54, 1.807) is 0 Å². The first-order chi connectivity index (χ1) is 8.13. The van der Waals surface area contributed by atoms with Gasteiger partial charge in [0.05, 0.1) is 0 Å². The number of hydrogen-bond donors (Lipinski definition) is 1. The molecule has 0 amide bonds. The lowest BCUT2D eigenvalue weighted by Crippen LogP contribution is -2.33. The van der Waals surface area contributed by atoms with Crippen LogP contribution in [-0.4, -0.2) is 18.6 Å². The van der Waals surface area contributed by atoms with Crippen molar-refractivity contribution in [3.63, 3.8) is 0 Å². The Morgan fingerprint density at radius 3 is 2.71 bits per heavy atom. The van der Waals surface area contributed by atoms with E-state index >= 15 is 0 Å². The summed E-state index contributed by atoms with van der Waals surface area (Å²) in [5.41, 5.74) is 2.57. The number of carbonyl (C=O) groups excluding carboxylic acids is 1. The molecule has 3 heteroatoms. The van der Waals surface area contributed by atoms with E-state index in [9.17, 15) is 4.79 Å². The zero-order valence-electron chi connectivity index (χ0n) is 10.8. The summed E-state index contributed by atoms with van der Waals surface area (Å²) in [7, 11) is 0. The fourth-order valence-electron chi connectivity index (χ4n) is 1.60. The average molecular weight is 235 g/mol. The van der Waals surface area contributed by atoms with Crippen LogP contribution in [0.1, 0.15) is 31.4 Å². The Morgan fingerprint density at radius 1 is 1.41 bits per heavy atom. The average Bonchev–Trinajstić information content (AvgIpc) is 2.31. The van der Waals surface area contributed by atoms with Gasteiger partial charge in [0.2, 0.25) is 0 Å². The van der Waals surface area contributed by atoms with Gasteiger partial charge in [-0.25, -0.2) is 0 Å². The van der Waals surface area contributed by atoms with Gasteiger partial charge in [0, 0.05) is 19.5 Å². The summed E-state index contributed by atoms with van der Waals surface area (Å²) >= 11 is 0. The Bertz CT molecular complexity index is 363. The highest BCUT2D eigenvalue weighted by atomic mass is 16.5. The van der Waals surface area contributed by atoms with E-state index in [-0.39, 0.29) is 12.0 Å². The molecule has 0 bridgehead atoms. The SMILES string of the molecule is CCC(COC(C)=O)NCc1ccccc1C. The lowest BCUT2D eigenvalue weighted by molar-refractivity contribution is -0.141. The van der Waals surface area contributed by atoms with Crippen LogP contribution >= 0.6 is 0 Å². The molecule has 0 fully saturated rings. The fraction of sp³-hybridized carbons (Fsp3) is 0.500. The minimum Gasteiger partial charge on any atom is -0.464 e. The second-order valence-corrected chi connectivity index (χ2v) is 4.22. The van der Waals surface area contributed by atoms with Gasteiger partial charge in [-0.05, 0) is 24.5 Å². The number of benzene rings is 1. The molecule has 0 aliphatic heterocycles. The van der Waals surface area contributed by atoms with Crippen LogP contribution in [0.25, 0.3) is 0 Å². The van der Waals surface area contributed by atoms with Gasteiger partial charge in [0.15, 0.2) is 0 Å². The van der Waals surface area contributed by atoms with Crippen molar-refractivity contribution in [1.82, 2.24) is 5.32 Å². The molecule has 1 aromatic carbocycles. The highest BCUT2D eigenvalue weighted by molar-refractivity contribution is 5.65. The van der Waals surface area contributed by atoms with Gasteiger partial charge in [0.1, 0.15) is 6.61 Å². The predicted molar refractivity (Wildman–Crippen MR) is 68.7 cm³/mol. The molecule has 0 heterocycles. The molecule has 0 aliphatic rings. The van der Waals surface area contributed by atoms with Crippen LogP contribution in [0.2, 0.25) is 0 Å². The Kier molecular flexibility index (Phi) is 5.70. The number of esters is 1. The number of nitrogens with one attached hydrogen (secondary N) is 1. The van der Waals surface area contributed by atoms with Gasteiger partial charge < -0.3 is 10.1 Å². The van der Waals surface area contributed by atoms with E-state index in [0.29, 0.717) is 6.61 Å². The van der Waals surface area contributed by atoms with E-state index in [0.717, 1.165) is 13.0 Å². The topological polar surface area (TPSA) is 38.3 Å². The number of aryl methyl sites for hydroxylation is 1. The molecule has 1 atom stereocenters. The van der Waals surface area contributed by atoms with Gasteiger partial charge in [-0.3, -0.25) is 4.79 Å². The van der Waals surface area contributed by atoms with Crippen molar-refractivity contribution >= 4 is 5.97 Å². The molecule has 1 rings (SSSR count). The first kappa shape index (κ1) is 13.7. The highest BCUT2D eigenvalue weighted by Crippen LogP contribution is 2.07. The van der Waals surface area contributed by atoms with Crippen LogP contribution < -0.4 is 5.32 Å². The van der Waals surface area contributed by atoms with Crippen LogP contribution in [0.4, 0.5) is 0 Å². The molecule has 0 spiro atoms. The lowest BCUT2D eigenvalue weighted by atomic mass is 10.1. The molecule has 3 nitrogen and oxygen atoms in total. The first-order valence-electron chi connectivity index (χ1n) is 6.04. The monoisotopic (exact) mass is 235 g/mol. The normalized spacial score (nSPS) is 12.2. The molecule has 1 aromatic rings. The summed E-state index contributed by atoms with van der Waals surface area (Å²) < 4.78 is 5.01. The molecule has 0 aromatic heterocycles. The molecule has 0 saturated carbocycles. The minimum atomic E-state index is -0.221. The van der Waals surface area contributed by atoms with E-state index in [2.05, 4.69) is 31.3 Å². The van der Waals surface area contributed by atoms with Gasteiger partial charge in [-0.2, -0.15) is 0 Å². The quantitative estimate of drug-likeness (QED) is 0.770. The second kappa shape index (κ2) is 7.07. The smallest absolute Gasteiger partial charge is 0.302 e. The summed E-state index contributed by atoms with van der Waals surface area (Å²) in [5, 5.41) is 3.40. The Balaban J connectivity index is 2.42. The third-order valence-electron chi connectivity index (χ3n) is 2.82. The minimum absolute atomic E-state index is 0.221. The maximum atomic E-state index is 10.7. The zero-order chi connectivity index (χ0) is 12.7. The fourth-order valence-corrected chi connectivity index (χ4v) is 1.60. The van der Waals surface area contributed by atoms with Gasteiger partial charge in [-0.15, -0.1) is 0 Å². The van der Waals surface area contributed by atoms with E-state index in [1.165, 1.54) is 18.1 Å². The zero-order valence-corrected chi connectivity index (χ0v) is 10.8. The van der Waals surface area contributed by atoms with Crippen molar-refractivity contribution < 1.29 is 9.53 Å². The Hall–Kier alpha value is -1.35. The van der Waals surface area contributed by atoms with Crippen LogP contribution in [0, 0.1) is 6.92 Å². The second-order valence-electron chi connectivity index (χ2n) is 4.22. The Morgan fingerprint density at radius 2 is 2.12 bits per heavy atom. The van der Waals surface area contributed by atoms with E-state index in [4.69, 9.17) is 4.74 Å². The van der Waals surface area contributed by atoms with Crippen LogP contribution in [0.3, 0.4) is 0 Å².